The number of hydrogen-bond donors (Lipinski definition) is 0. The summed E-state index contributed by atoms with van der Waals surface area (Å²) in [5.41, 5.74) is 1.38. The molecule has 0 atom stereocenters. The Morgan fingerprint density at radius 2 is 2.33 bits per heavy atom. The van der Waals surface area contributed by atoms with Crippen LogP contribution in [-0.2, 0) is 0 Å². The maximum absolute atomic E-state index is 10.6. The maximum Gasteiger partial charge on any atom is 0.310 e. The number of allylic oxidation sites excluding steroid dienone is 1. The number of rotatable bonds is 4. The van der Waals surface area contributed by atoms with Crippen molar-refractivity contribution in [2.75, 3.05) is 13.0 Å². The molecule has 0 spiro atoms. The third-order valence-corrected chi connectivity index (χ3v) is 2.27. The van der Waals surface area contributed by atoms with E-state index in [4.69, 9.17) is 16.3 Å². The van der Waals surface area contributed by atoms with Crippen LogP contribution in [0.15, 0.2) is 24.8 Å². The molecule has 0 bridgehead atoms. The van der Waals surface area contributed by atoms with Crippen molar-refractivity contribution < 1.29 is 9.66 Å². The van der Waals surface area contributed by atoms with E-state index in [0.717, 1.165) is 5.56 Å². The number of alkyl halides is 1. The third kappa shape index (κ3) is 2.47. The SMILES string of the molecule is C=C(CCl)c1ccc([N+](=O)[O-])c(OC)c1. The van der Waals surface area contributed by atoms with Gasteiger partial charge in [0.25, 0.3) is 0 Å². The van der Waals surface area contributed by atoms with Crippen LogP contribution in [0.2, 0.25) is 0 Å². The van der Waals surface area contributed by atoms with E-state index in [-0.39, 0.29) is 17.3 Å². The summed E-state index contributed by atoms with van der Waals surface area (Å²) in [6, 6.07) is 4.54. The molecular weight excluding hydrogens is 218 g/mol. The van der Waals surface area contributed by atoms with Crippen LogP contribution in [-0.4, -0.2) is 17.9 Å². The largest absolute Gasteiger partial charge is 0.490 e. The summed E-state index contributed by atoms with van der Waals surface area (Å²) in [6.45, 7) is 3.74. The first kappa shape index (κ1) is 11.5. The Morgan fingerprint density at radius 3 is 2.80 bits per heavy atom. The van der Waals surface area contributed by atoms with Crippen LogP contribution in [0.4, 0.5) is 5.69 Å². The summed E-state index contributed by atoms with van der Waals surface area (Å²) < 4.78 is 4.92. The molecule has 1 aromatic rings. The van der Waals surface area contributed by atoms with Crippen LogP contribution >= 0.6 is 11.6 Å². The number of nitro groups is 1. The van der Waals surface area contributed by atoms with Gasteiger partial charge in [0.15, 0.2) is 5.75 Å². The first-order valence-corrected chi connectivity index (χ1v) is 4.70. The highest BCUT2D eigenvalue weighted by atomic mass is 35.5. The van der Waals surface area contributed by atoms with E-state index in [1.807, 2.05) is 0 Å². The zero-order chi connectivity index (χ0) is 11.4. The Balaban J connectivity index is 3.19. The molecule has 0 radical (unpaired) electrons. The molecule has 0 aromatic heterocycles. The van der Waals surface area contributed by atoms with Gasteiger partial charge in [-0.1, -0.05) is 6.58 Å². The summed E-state index contributed by atoms with van der Waals surface area (Å²) in [5, 5.41) is 10.6. The molecule has 0 aliphatic rings. The smallest absolute Gasteiger partial charge is 0.310 e. The van der Waals surface area contributed by atoms with Gasteiger partial charge in [-0.25, -0.2) is 0 Å². The number of nitro benzene ring substituents is 1. The van der Waals surface area contributed by atoms with Gasteiger partial charge in [-0.2, -0.15) is 0 Å². The standard InChI is InChI=1S/C10H10ClNO3/c1-7(6-11)8-3-4-9(12(13)14)10(5-8)15-2/h3-5H,1,6H2,2H3. The zero-order valence-electron chi connectivity index (χ0n) is 8.20. The summed E-state index contributed by atoms with van der Waals surface area (Å²) in [7, 11) is 1.38. The quantitative estimate of drug-likeness (QED) is 0.452. The van der Waals surface area contributed by atoms with E-state index < -0.39 is 4.92 Å². The van der Waals surface area contributed by atoms with Crippen molar-refractivity contribution in [2.45, 2.75) is 0 Å². The van der Waals surface area contributed by atoms with Crippen molar-refractivity contribution in [3.8, 4) is 5.75 Å². The van der Waals surface area contributed by atoms with Crippen LogP contribution < -0.4 is 4.74 Å². The molecule has 0 unspecified atom stereocenters. The highest BCUT2D eigenvalue weighted by Crippen LogP contribution is 2.29. The number of halogens is 1. The van der Waals surface area contributed by atoms with Gasteiger partial charge >= 0.3 is 5.69 Å². The van der Waals surface area contributed by atoms with Gasteiger partial charge < -0.3 is 4.74 Å². The van der Waals surface area contributed by atoms with Crippen LogP contribution in [0, 0.1) is 10.1 Å². The van der Waals surface area contributed by atoms with E-state index in [1.54, 1.807) is 12.1 Å². The van der Waals surface area contributed by atoms with Crippen LogP contribution in [0.1, 0.15) is 5.56 Å². The van der Waals surface area contributed by atoms with E-state index in [9.17, 15) is 10.1 Å². The summed E-state index contributed by atoms with van der Waals surface area (Å²) in [6.07, 6.45) is 0. The average Bonchev–Trinajstić information content (AvgIpc) is 2.26. The molecule has 4 nitrogen and oxygen atoms in total. The molecule has 0 N–H and O–H groups in total. The maximum atomic E-state index is 10.6. The molecule has 0 heterocycles. The lowest BCUT2D eigenvalue weighted by Gasteiger charge is -2.05. The van der Waals surface area contributed by atoms with Crippen molar-refractivity contribution in [3.05, 3.63) is 40.5 Å². The Hall–Kier alpha value is -1.55. The Labute approximate surface area is 92.3 Å². The summed E-state index contributed by atoms with van der Waals surface area (Å²) >= 11 is 5.61. The fraction of sp³-hybridized carbons (Fsp3) is 0.200. The van der Waals surface area contributed by atoms with Gasteiger partial charge in [-0.05, 0) is 23.3 Å². The second-order valence-corrected chi connectivity index (χ2v) is 3.15. The molecule has 5 heteroatoms. The number of ether oxygens (including phenoxy) is 1. The molecule has 0 saturated carbocycles. The molecule has 1 aromatic carbocycles. The predicted molar refractivity (Wildman–Crippen MR) is 59.4 cm³/mol. The minimum Gasteiger partial charge on any atom is -0.490 e. The molecule has 1 rings (SSSR count). The summed E-state index contributed by atoms with van der Waals surface area (Å²) in [4.78, 5) is 10.1. The Bertz CT molecular complexity index is 404. The van der Waals surface area contributed by atoms with Crippen LogP contribution in [0.5, 0.6) is 5.75 Å². The molecule has 0 fully saturated rings. The van der Waals surface area contributed by atoms with Crippen molar-refractivity contribution >= 4 is 22.9 Å². The molecule has 80 valence electrons. The van der Waals surface area contributed by atoms with Crippen molar-refractivity contribution in [1.29, 1.82) is 0 Å². The van der Waals surface area contributed by atoms with Crippen LogP contribution in [0.25, 0.3) is 5.57 Å². The minimum atomic E-state index is -0.494. The van der Waals surface area contributed by atoms with Crippen molar-refractivity contribution in [3.63, 3.8) is 0 Å². The second kappa shape index (κ2) is 4.79. The fourth-order valence-corrected chi connectivity index (χ4v) is 1.28. The first-order chi connectivity index (χ1) is 7.10. The average molecular weight is 228 g/mol. The van der Waals surface area contributed by atoms with Gasteiger partial charge in [-0.15, -0.1) is 11.6 Å². The normalized spacial score (nSPS) is 9.73. The molecular formula is C10H10ClNO3. The molecule has 0 aliphatic heterocycles. The minimum absolute atomic E-state index is 0.0661. The predicted octanol–water partition coefficient (Wildman–Crippen LogP) is 2.86. The number of methoxy groups -OCH3 is 1. The highest BCUT2D eigenvalue weighted by Gasteiger charge is 2.15. The molecule has 0 amide bonds. The Kier molecular flexibility index (Phi) is 3.68. The first-order valence-electron chi connectivity index (χ1n) is 4.16. The van der Waals surface area contributed by atoms with Crippen molar-refractivity contribution in [1.82, 2.24) is 0 Å². The van der Waals surface area contributed by atoms with Crippen LogP contribution in [0.3, 0.4) is 0 Å². The van der Waals surface area contributed by atoms with Gasteiger partial charge in [0.1, 0.15) is 0 Å². The third-order valence-electron chi connectivity index (χ3n) is 1.95. The number of benzene rings is 1. The lowest BCUT2D eigenvalue weighted by Crippen LogP contribution is -1.95. The van der Waals surface area contributed by atoms with Gasteiger partial charge in [0, 0.05) is 11.9 Å². The Morgan fingerprint density at radius 1 is 1.67 bits per heavy atom. The number of hydrogen-bond acceptors (Lipinski definition) is 3. The van der Waals surface area contributed by atoms with E-state index >= 15 is 0 Å². The monoisotopic (exact) mass is 227 g/mol. The second-order valence-electron chi connectivity index (χ2n) is 2.88. The fourth-order valence-electron chi connectivity index (χ4n) is 1.13. The lowest BCUT2D eigenvalue weighted by molar-refractivity contribution is -0.385. The highest BCUT2D eigenvalue weighted by molar-refractivity contribution is 6.23. The van der Waals surface area contributed by atoms with Gasteiger partial charge in [-0.3, -0.25) is 10.1 Å². The zero-order valence-corrected chi connectivity index (χ0v) is 8.95. The van der Waals surface area contributed by atoms with Crippen molar-refractivity contribution in [2.24, 2.45) is 0 Å². The van der Waals surface area contributed by atoms with E-state index in [2.05, 4.69) is 6.58 Å². The lowest BCUT2D eigenvalue weighted by atomic mass is 10.1. The van der Waals surface area contributed by atoms with Gasteiger partial charge in [0.05, 0.1) is 12.0 Å². The molecule has 0 saturated heterocycles. The summed E-state index contributed by atoms with van der Waals surface area (Å²) in [5.74, 6) is 0.491. The molecule has 15 heavy (non-hydrogen) atoms. The topological polar surface area (TPSA) is 52.4 Å². The number of nitrogens with zero attached hydrogens (tertiary/aromatic N) is 1. The van der Waals surface area contributed by atoms with Gasteiger partial charge in [0.2, 0.25) is 0 Å². The van der Waals surface area contributed by atoms with E-state index in [1.165, 1.54) is 13.2 Å². The van der Waals surface area contributed by atoms with E-state index in [0.29, 0.717) is 5.57 Å². The molecule has 0 aliphatic carbocycles.